The fourth-order valence-electron chi connectivity index (χ4n) is 5.24. The smallest absolute Gasteiger partial charge is 0.177 e. The van der Waals surface area contributed by atoms with E-state index in [4.69, 9.17) is 14.7 Å². The summed E-state index contributed by atoms with van der Waals surface area (Å²) in [6, 6.07) is 16.0. The van der Waals surface area contributed by atoms with E-state index in [1.54, 1.807) is 41.1 Å². The van der Waals surface area contributed by atoms with E-state index >= 15 is 0 Å². The van der Waals surface area contributed by atoms with Crippen molar-refractivity contribution in [3.63, 3.8) is 0 Å². The number of imidazole rings is 1. The molecule has 1 fully saturated rings. The zero-order chi connectivity index (χ0) is 30.3. The van der Waals surface area contributed by atoms with Gasteiger partial charge in [0.2, 0.25) is 0 Å². The lowest BCUT2D eigenvalue weighted by Crippen LogP contribution is -2.19. The second-order valence-corrected chi connectivity index (χ2v) is 12.6. The van der Waals surface area contributed by atoms with Crippen LogP contribution < -0.4 is 10.6 Å². The number of hydrogen-bond donors (Lipinski definition) is 2. The third kappa shape index (κ3) is 5.67. The number of benzene rings is 1. The molecule has 6 rings (SSSR count). The van der Waals surface area contributed by atoms with Crippen LogP contribution in [0.3, 0.4) is 0 Å². The van der Waals surface area contributed by atoms with E-state index in [1.807, 2.05) is 43.7 Å². The minimum absolute atomic E-state index is 0.128. The van der Waals surface area contributed by atoms with Gasteiger partial charge in [-0.25, -0.2) is 23.4 Å². The van der Waals surface area contributed by atoms with Gasteiger partial charge in [0.15, 0.2) is 15.5 Å². The van der Waals surface area contributed by atoms with E-state index < -0.39 is 9.84 Å². The fraction of sp³-hybridized carbons (Fsp3) is 0.300. The third-order valence-corrected chi connectivity index (χ3v) is 8.58. The molecule has 12 nitrogen and oxygen atoms in total. The summed E-state index contributed by atoms with van der Waals surface area (Å²) < 4.78 is 35.9. The Bertz CT molecular complexity index is 1980. The van der Waals surface area contributed by atoms with Crippen LogP contribution in [0.4, 0.5) is 23.0 Å². The number of sulfone groups is 1. The molecule has 5 aromatic rings. The molecule has 220 valence electrons. The highest BCUT2D eigenvalue weighted by Crippen LogP contribution is 2.36. The summed E-state index contributed by atoms with van der Waals surface area (Å²) in [5.41, 5.74) is 4.69. The topological polar surface area (TPSA) is 153 Å². The summed E-state index contributed by atoms with van der Waals surface area (Å²) in [7, 11) is -1.80. The number of nitriles is 1. The highest BCUT2D eigenvalue weighted by atomic mass is 32.2. The first-order valence-electron chi connectivity index (χ1n) is 13.9. The molecule has 0 bridgehead atoms. The van der Waals surface area contributed by atoms with Gasteiger partial charge >= 0.3 is 0 Å². The van der Waals surface area contributed by atoms with Crippen molar-refractivity contribution in [3.8, 4) is 17.3 Å². The molecule has 0 radical (unpaired) electrons. The van der Waals surface area contributed by atoms with Gasteiger partial charge < -0.3 is 15.4 Å². The number of pyridine rings is 2. The lowest BCUT2D eigenvalue weighted by atomic mass is 10.1. The van der Waals surface area contributed by atoms with Crippen molar-refractivity contribution < 1.29 is 13.2 Å². The molecule has 5 heterocycles. The number of nitrogens with zero attached hydrogens (tertiary/aromatic N) is 7. The summed E-state index contributed by atoms with van der Waals surface area (Å²) >= 11 is 0. The average molecular weight is 598 g/mol. The molecular weight excluding hydrogens is 566 g/mol. The fourth-order valence-corrected chi connectivity index (χ4v) is 6.10. The van der Waals surface area contributed by atoms with Gasteiger partial charge in [-0.1, -0.05) is 12.1 Å². The quantitative estimate of drug-likeness (QED) is 0.253. The third-order valence-electron chi connectivity index (χ3n) is 7.45. The minimum atomic E-state index is -3.64. The molecule has 0 amide bonds. The highest BCUT2D eigenvalue weighted by Gasteiger charge is 2.25. The number of rotatable bonds is 7. The van der Waals surface area contributed by atoms with Gasteiger partial charge in [0.1, 0.15) is 41.0 Å². The number of fused-ring (bicyclic) bond motifs is 1. The summed E-state index contributed by atoms with van der Waals surface area (Å²) in [5, 5.41) is 20.4. The molecule has 4 aromatic heterocycles. The van der Waals surface area contributed by atoms with E-state index in [1.165, 1.54) is 6.26 Å². The molecule has 0 spiro atoms. The molecule has 43 heavy (non-hydrogen) atoms. The predicted octanol–water partition coefficient (Wildman–Crippen LogP) is 5.31. The standard InChI is InChI=1S/C30H31N9O3S/c1-18-14-23(37-38(18)3)20-11-12-22(25(15-20)43(4,40)41)34-24-16-27(35-26-9-7-8-21(17-31)33-26)36-30-29(24)32-19(2)39(30)28-10-5-6-13-42-28/h7-9,11-12,14-16,28H,5-6,10,13H2,1-4H3,(H2,33,34,35,36). The maximum absolute atomic E-state index is 13.0. The lowest BCUT2D eigenvalue weighted by Gasteiger charge is -2.25. The Morgan fingerprint density at radius 2 is 1.84 bits per heavy atom. The molecule has 13 heteroatoms. The van der Waals surface area contributed by atoms with Crippen molar-refractivity contribution in [3.05, 3.63) is 65.7 Å². The van der Waals surface area contributed by atoms with Crippen LogP contribution in [0.25, 0.3) is 22.4 Å². The van der Waals surface area contributed by atoms with Gasteiger partial charge in [0.25, 0.3) is 0 Å². The van der Waals surface area contributed by atoms with Gasteiger partial charge in [0, 0.05) is 37.2 Å². The number of aromatic nitrogens is 6. The van der Waals surface area contributed by atoms with Gasteiger partial charge in [-0.2, -0.15) is 10.4 Å². The summed E-state index contributed by atoms with van der Waals surface area (Å²) in [6.45, 7) is 4.49. The molecular formula is C30H31N9O3S. The van der Waals surface area contributed by atoms with Crippen molar-refractivity contribution >= 4 is 44.0 Å². The molecule has 1 aliphatic heterocycles. The normalized spacial score (nSPS) is 15.4. The van der Waals surface area contributed by atoms with Crippen molar-refractivity contribution in [2.45, 2.75) is 44.2 Å². The zero-order valence-corrected chi connectivity index (χ0v) is 25.1. The van der Waals surface area contributed by atoms with Crippen LogP contribution in [0.15, 0.2) is 53.4 Å². The second-order valence-electron chi connectivity index (χ2n) is 10.6. The van der Waals surface area contributed by atoms with E-state index in [-0.39, 0.29) is 16.8 Å². The Morgan fingerprint density at radius 1 is 1.00 bits per heavy atom. The van der Waals surface area contributed by atoms with Crippen LogP contribution in [0.5, 0.6) is 0 Å². The van der Waals surface area contributed by atoms with Crippen molar-refractivity contribution in [1.29, 1.82) is 5.26 Å². The number of aryl methyl sites for hydroxylation is 3. The number of ether oxygens (including phenoxy) is 1. The van der Waals surface area contributed by atoms with Crippen molar-refractivity contribution in [2.24, 2.45) is 7.05 Å². The summed E-state index contributed by atoms with van der Waals surface area (Å²) in [4.78, 5) is 14.2. The molecule has 1 saturated heterocycles. The Labute approximate surface area is 249 Å². The Hall–Kier alpha value is -4.80. The molecule has 1 aromatic carbocycles. The van der Waals surface area contributed by atoms with Crippen molar-refractivity contribution in [1.82, 2.24) is 29.3 Å². The largest absolute Gasteiger partial charge is 0.358 e. The maximum Gasteiger partial charge on any atom is 0.177 e. The first kappa shape index (κ1) is 28.3. The molecule has 1 aliphatic rings. The molecule has 0 saturated carbocycles. The van der Waals surface area contributed by atoms with E-state index in [9.17, 15) is 13.7 Å². The van der Waals surface area contributed by atoms with Crippen LogP contribution in [0.2, 0.25) is 0 Å². The van der Waals surface area contributed by atoms with Crippen molar-refractivity contribution in [2.75, 3.05) is 23.5 Å². The highest BCUT2D eigenvalue weighted by molar-refractivity contribution is 7.90. The molecule has 1 atom stereocenters. The summed E-state index contributed by atoms with van der Waals surface area (Å²) in [6.07, 6.45) is 3.81. The number of hydrogen-bond acceptors (Lipinski definition) is 10. The van der Waals surface area contributed by atoms with Crippen LogP contribution in [0.1, 0.15) is 42.7 Å². The Balaban J connectivity index is 1.48. The average Bonchev–Trinajstić information content (AvgIpc) is 3.50. The number of nitrogens with one attached hydrogen (secondary N) is 2. The molecule has 2 N–H and O–H groups in total. The van der Waals surface area contributed by atoms with E-state index in [0.29, 0.717) is 52.0 Å². The van der Waals surface area contributed by atoms with Gasteiger partial charge in [-0.05, 0) is 63.4 Å². The Morgan fingerprint density at radius 3 is 2.53 bits per heavy atom. The van der Waals surface area contributed by atoms with Crippen LogP contribution in [-0.2, 0) is 21.6 Å². The second kappa shape index (κ2) is 11.1. The summed E-state index contributed by atoms with van der Waals surface area (Å²) in [5.74, 6) is 1.61. The van der Waals surface area contributed by atoms with Crippen LogP contribution in [-0.4, -0.2) is 50.6 Å². The van der Waals surface area contributed by atoms with E-state index in [2.05, 4.69) is 20.7 Å². The predicted molar refractivity (Wildman–Crippen MR) is 163 cm³/mol. The van der Waals surface area contributed by atoms with Gasteiger partial charge in [-0.3, -0.25) is 9.25 Å². The molecule has 0 aliphatic carbocycles. The van der Waals surface area contributed by atoms with Gasteiger partial charge in [-0.15, -0.1) is 0 Å². The van der Waals surface area contributed by atoms with Gasteiger partial charge in [0.05, 0.1) is 22.0 Å². The van der Waals surface area contributed by atoms with Crippen LogP contribution in [0, 0.1) is 25.2 Å². The first-order valence-corrected chi connectivity index (χ1v) is 15.8. The lowest BCUT2D eigenvalue weighted by molar-refractivity contribution is -0.0308. The van der Waals surface area contributed by atoms with Crippen LogP contribution >= 0.6 is 0 Å². The maximum atomic E-state index is 13.0. The Kier molecular flexibility index (Phi) is 7.33. The monoisotopic (exact) mass is 597 g/mol. The minimum Gasteiger partial charge on any atom is -0.358 e. The zero-order valence-electron chi connectivity index (χ0n) is 24.3. The molecule has 1 unspecified atom stereocenters. The van der Waals surface area contributed by atoms with E-state index in [0.717, 1.165) is 30.8 Å². The SMILES string of the molecule is Cc1cc(-c2ccc(Nc3cc(Nc4cccc(C#N)n4)nc4c3nc(C)n4C3CCCCO3)c(S(C)(=O)=O)c2)nn1C. The first-order chi connectivity index (χ1) is 20.6. The number of anilines is 4.